The first-order valence-electron chi connectivity index (χ1n) is 10.5. The molecular weight excluding hydrogens is 336 g/mol. The molecule has 2 aliphatic rings. The minimum atomic E-state index is 0.459. The molecule has 151 valence electrons. The van der Waals surface area contributed by atoms with Gasteiger partial charge in [-0.05, 0) is 43.9 Å². The van der Waals surface area contributed by atoms with E-state index in [9.17, 15) is 0 Å². The second kappa shape index (κ2) is 9.16. The van der Waals surface area contributed by atoms with E-state index in [1.807, 2.05) is 0 Å². The van der Waals surface area contributed by atoms with Gasteiger partial charge in [-0.15, -0.1) is 0 Å². The van der Waals surface area contributed by atoms with Gasteiger partial charge in [0.25, 0.3) is 0 Å². The molecule has 5 nitrogen and oxygen atoms in total. The van der Waals surface area contributed by atoms with Gasteiger partial charge in [-0.1, -0.05) is 20.3 Å². The summed E-state index contributed by atoms with van der Waals surface area (Å²) in [7, 11) is 3.93. The zero-order chi connectivity index (χ0) is 19.4. The SMILES string of the molecule is [CH2]CCC(C)c1cc(N)c(OC)cc1N1CCC(N2CCN(C)CC2)CC1. The number of nitrogens with two attached hydrogens (primary N) is 1. The van der Waals surface area contributed by atoms with E-state index in [0.29, 0.717) is 5.92 Å². The van der Waals surface area contributed by atoms with Crippen molar-refractivity contribution in [2.24, 2.45) is 0 Å². The third-order valence-corrected chi connectivity index (χ3v) is 6.41. The second-order valence-corrected chi connectivity index (χ2v) is 8.25. The summed E-state index contributed by atoms with van der Waals surface area (Å²) in [4.78, 5) is 7.68. The maximum atomic E-state index is 6.23. The van der Waals surface area contributed by atoms with E-state index < -0.39 is 0 Å². The van der Waals surface area contributed by atoms with Crippen LogP contribution in [0, 0.1) is 6.92 Å². The number of piperidine rings is 1. The summed E-state index contributed by atoms with van der Waals surface area (Å²) in [5.41, 5.74) is 9.61. The Morgan fingerprint density at radius 2 is 1.81 bits per heavy atom. The van der Waals surface area contributed by atoms with Crippen molar-refractivity contribution in [2.45, 2.75) is 44.6 Å². The summed E-state index contributed by atoms with van der Waals surface area (Å²) in [5, 5.41) is 0. The van der Waals surface area contributed by atoms with Crippen LogP contribution >= 0.6 is 0 Å². The number of piperazine rings is 1. The van der Waals surface area contributed by atoms with Crippen molar-refractivity contribution in [1.29, 1.82) is 0 Å². The molecule has 0 saturated carbocycles. The van der Waals surface area contributed by atoms with Crippen LogP contribution < -0.4 is 15.4 Å². The molecule has 0 bridgehead atoms. The Bertz CT molecular complexity index is 605. The third kappa shape index (κ3) is 4.69. The lowest BCUT2D eigenvalue weighted by molar-refractivity contribution is 0.0982. The zero-order valence-electron chi connectivity index (χ0n) is 17.4. The van der Waals surface area contributed by atoms with E-state index in [-0.39, 0.29) is 0 Å². The summed E-state index contributed by atoms with van der Waals surface area (Å²) >= 11 is 0. The summed E-state index contributed by atoms with van der Waals surface area (Å²) in [6.07, 6.45) is 4.49. The van der Waals surface area contributed by atoms with Crippen LogP contribution in [0.1, 0.15) is 44.1 Å². The molecule has 2 heterocycles. The Labute approximate surface area is 165 Å². The van der Waals surface area contributed by atoms with Gasteiger partial charge in [0.2, 0.25) is 0 Å². The quantitative estimate of drug-likeness (QED) is 0.776. The Morgan fingerprint density at radius 3 is 2.41 bits per heavy atom. The molecule has 0 spiro atoms. The first-order valence-corrected chi connectivity index (χ1v) is 10.5. The van der Waals surface area contributed by atoms with Gasteiger partial charge in [0.1, 0.15) is 5.75 Å². The smallest absolute Gasteiger partial charge is 0.143 e. The molecule has 1 atom stereocenters. The first-order chi connectivity index (χ1) is 13.0. The standard InChI is InChI=1S/C22H37N4O/c1-5-6-17(2)19-15-20(23)22(27-4)16-21(19)26-9-7-18(8-10-26)25-13-11-24(3)12-14-25/h15-18H,1,5-14,23H2,2-4H3. The lowest BCUT2D eigenvalue weighted by Gasteiger charge is -2.43. The molecule has 2 fully saturated rings. The fourth-order valence-electron chi connectivity index (χ4n) is 4.57. The highest BCUT2D eigenvalue weighted by molar-refractivity contribution is 5.68. The van der Waals surface area contributed by atoms with E-state index in [0.717, 1.165) is 43.4 Å². The maximum absolute atomic E-state index is 6.23. The van der Waals surface area contributed by atoms with Crippen molar-refractivity contribution in [3.8, 4) is 5.75 Å². The fraction of sp³-hybridized carbons (Fsp3) is 0.682. The van der Waals surface area contributed by atoms with Crippen molar-refractivity contribution < 1.29 is 4.74 Å². The molecule has 27 heavy (non-hydrogen) atoms. The molecule has 1 radical (unpaired) electrons. The van der Waals surface area contributed by atoms with Crippen LogP contribution in [0.2, 0.25) is 0 Å². The molecule has 0 aromatic heterocycles. The summed E-state index contributed by atoms with van der Waals surface area (Å²) < 4.78 is 5.52. The molecule has 3 rings (SSSR count). The number of benzene rings is 1. The predicted molar refractivity (Wildman–Crippen MR) is 115 cm³/mol. The van der Waals surface area contributed by atoms with Gasteiger partial charge >= 0.3 is 0 Å². The van der Waals surface area contributed by atoms with Crippen LogP contribution in [0.5, 0.6) is 5.75 Å². The van der Waals surface area contributed by atoms with Crippen LogP contribution in [0.25, 0.3) is 0 Å². The molecule has 2 N–H and O–H groups in total. The minimum absolute atomic E-state index is 0.459. The van der Waals surface area contributed by atoms with Gasteiger partial charge < -0.3 is 20.3 Å². The number of nitrogens with zero attached hydrogens (tertiary/aromatic N) is 3. The van der Waals surface area contributed by atoms with Crippen LogP contribution in [0.15, 0.2) is 12.1 Å². The predicted octanol–water partition coefficient (Wildman–Crippen LogP) is 3.21. The number of likely N-dealkylation sites (N-methyl/N-ethyl adjacent to an activating group) is 1. The lowest BCUT2D eigenvalue weighted by atomic mass is 9.92. The number of hydrogen-bond acceptors (Lipinski definition) is 5. The number of ether oxygens (including phenoxy) is 1. The topological polar surface area (TPSA) is 45.0 Å². The molecule has 5 heteroatoms. The largest absolute Gasteiger partial charge is 0.495 e. The van der Waals surface area contributed by atoms with E-state index >= 15 is 0 Å². The maximum Gasteiger partial charge on any atom is 0.143 e. The van der Waals surface area contributed by atoms with E-state index in [2.05, 4.69) is 47.7 Å². The molecule has 1 aromatic rings. The first kappa shape index (κ1) is 20.3. The lowest BCUT2D eigenvalue weighted by Crippen LogP contribution is -2.52. The van der Waals surface area contributed by atoms with Crippen LogP contribution in [-0.4, -0.2) is 69.3 Å². The number of rotatable bonds is 6. The molecular formula is C22H37N4O. The number of nitrogen functional groups attached to an aromatic ring is 1. The Hall–Kier alpha value is -1.46. The van der Waals surface area contributed by atoms with E-state index in [1.54, 1.807) is 7.11 Å². The Kier molecular flexibility index (Phi) is 6.88. The van der Waals surface area contributed by atoms with Crippen LogP contribution in [0.3, 0.4) is 0 Å². The minimum Gasteiger partial charge on any atom is -0.495 e. The van der Waals surface area contributed by atoms with Gasteiger partial charge in [0.15, 0.2) is 0 Å². The normalized spacial score (nSPS) is 21.4. The second-order valence-electron chi connectivity index (χ2n) is 8.25. The number of methoxy groups -OCH3 is 1. The van der Waals surface area contributed by atoms with Gasteiger partial charge in [-0.3, -0.25) is 4.90 Å². The monoisotopic (exact) mass is 373 g/mol. The van der Waals surface area contributed by atoms with Gasteiger partial charge in [0, 0.05) is 57.1 Å². The van der Waals surface area contributed by atoms with E-state index in [4.69, 9.17) is 10.5 Å². The number of hydrogen-bond donors (Lipinski definition) is 1. The molecule has 2 saturated heterocycles. The fourth-order valence-corrected chi connectivity index (χ4v) is 4.57. The third-order valence-electron chi connectivity index (χ3n) is 6.41. The van der Waals surface area contributed by atoms with Gasteiger partial charge in [0.05, 0.1) is 12.8 Å². The van der Waals surface area contributed by atoms with Gasteiger partial charge in [-0.2, -0.15) is 0 Å². The highest BCUT2D eigenvalue weighted by Crippen LogP contribution is 2.38. The zero-order valence-corrected chi connectivity index (χ0v) is 17.4. The van der Waals surface area contributed by atoms with Crippen molar-refractivity contribution >= 4 is 11.4 Å². The van der Waals surface area contributed by atoms with E-state index in [1.165, 1.54) is 50.3 Å². The average molecular weight is 374 g/mol. The molecule has 1 aromatic carbocycles. The number of anilines is 2. The highest BCUT2D eigenvalue weighted by atomic mass is 16.5. The average Bonchev–Trinajstić information content (AvgIpc) is 2.69. The van der Waals surface area contributed by atoms with Crippen LogP contribution in [0.4, 0.5) is 11.4 Å². The summed E-state index contributed by atoms with van der Waals surface area (Å²) in [6, 6.07) is 5.01. The molecule has 2 aliphatic heterocycles. The van der Waals surface area contributed by atoms with Crippen molar-refractivity contribution in [3.63, 3.8) is 0 Å². The van der Waals surface area contributed by atoms with Crippen LogP contribution in [-0.2, 0) is 0 Å². The summed E-state index contributed by atoms with van der Waals surface area (Å²) in [5.74, 6) is 1.25. The Balaban J connectivity index is 1.72. The highest BCUT2D eigenvalue weighted by Gasteiger charge is 2.28. The van der Waals surface area contributed by atoms with Gasteiger partial charge in [-0.25, -0.2) is 0 Å². The van der Waals surface area contributed by atoms with Crippen molar-refractivity contribution in [1.82, 2.24) is 9.80 Å². The van der Waals surface area contributed by atoms with Crippen molar-refractivity contribution in [3.05, 3.63) is 24.6 Å². The summed E-state index contributed by atoms with van der Waals surface area (Å²) in [6.45, 7) is 13.3. The molecule has 0 aliphatic carbocycles. The Morgan fingerprint density at radius 1 is 1.15 bits per heavy atom. The molecule has 1 unspecified atom stereocenters. The van der Waals surface area contributed by atoms with Crippen molar-refractivity contribution in [2.75, 3.05) is 64.1 Å². The molecule has 0 amide bonds.